The Balaban J connectivity index is 1.54. The van der Waals surface area contributed by atoms with Crippen LogP contribution in [0.15, 0.2) is 48.9 Å². The van der Waals surface area contributed by atoms with Gasteiger partial charge in [-0.1, -0.05) is 30.3 Å². The SMILES string of the molecule is CC(=O)N[C@@H](Cc1ccccc1)C(=O)NC1CCN(C(=O)c2cnccn2)CC1. The van der Waals surface area contributed by atoms with Crippen molar-refractivity contribution < 1.29 is 14.4 Å². The second kappa shape index (κ2) is 9.77. The van der Waals surface area contributed by atoms with Crippen LogP contribution in [0.4, 0.5) is 0 Å². The van der Waals surface area contributed by atoms with Gasteiger partial charge in [-0.25, -0.2) is 4.98 Å². The first-order chi connectivity index (χ1) is 14.0. The Labute approximate surface area is 169 Å². The predicted octanol–water partition coefficient (Wildman–Crippen LogP) is 0.945. The maximum atomic E-state index is 12.8. The molecular formula is C21H25N5O3. The summed E-state index contributed by atoms with van der Waals surface area (Å²) in [6, 6.07) is 8.91. The third-order valence-electron chi connectivity index (χ3n) is 4.89. The van der Waals surface area contributed by atoms with Gasteiger partial charge in [0.1, 0.15) is 11.7 Å². The highest BCUT2D eigenvalue weighted by molar-refractivity contribution is 5.92. The molecule has 3 amide bonds. The average Bonchev–Trinajstić information content (AvgIpc) is 2.74. The second-order valence-electron chi connectivity index (χ2n) is 7.11. The van der Waals surface area contributed by atoms with Gasteiger partial charge in [-0.2, -0.15) is 0 Å². The zero-order valence-corrected chi connectivity index (χ0v) is 16.4. The smallest absolute Gasteiger partial charge is 0.274 e. The highest BCUT2D eigenvalue weighted by atomic mass is 16.2. The number of nitrogens with zero attached hydrogens (tertiary/aromatic N) is 3. The maximum Gasteiger partial charge on any atom is 0.274 e. The van der Waals surface area contributed by atoms with Gasteiger partial charge in [-0.05, 0) is 18.4 Å². The van der Waals surface area contributed by atoms with Crippen molar-refractivity contribution >= 4 is 17.7 Å². The van der Waals surface area contributed by atoms with E-state index in [2.05, 4.69) is 20.6 Å². The molecule has 2 heterocycles. The summed E-state index contributed by atoms with van der Waals surface area (Å²) in [5.41, 5.74) is 1.30. The number of rotatable bonds is 6. The molecule has 0 unspecified atom stereocenters. The van der Waals surface area contributed by atoms with E-state index in [0.717, 1.165) is 5.56 Å². The molecule has 1 saturated heterocycles. The standard InChI is InChI=1S/C21H25N5O3/c1-15(27)24-18(13-16-5-3-2-4-6-16)20(28)25-17-7-11-26(12-8-17)21(29)19-14-22-9-10-23-19/h2-6,9-10,14,17-18H,7-8,11-13H2,1H3,(H,24,27)(H,25,28)/t18-/m0/s1. The first kappa shape index (κ1) is 20.4. The van der Waals surface area contributed by atoms with Crippen LogP contribution in [0.2, 0.25) is 0 Å². The van der Waals surface area contributed by atoms with E-state index in [1.807, 2.05) is 30.3 Å². The number of likely N-dealkylation sites (tertiary alicyclic amines) is 1. The van der Waals surface area contributed by atoms with Crippen LogP contribution in [0.5, 0.6) is 0 Å². The third kappa shape index (κ3) is 5.84. The fourth-order valence-electron chi connectivity index (χ4n) is 3.40. The molecule has 1 aliphatic rings. The number of hydrogen-bond donors (Lipinski definition) is 2. The molecule has 2 aromatic rings. The summed E-state index contributed by atoms with van der Waals surface area (Å²) < 4.78 is 0. The lowest BCUT2D eigenvalue weighted by atomic mass is 10.0. The summed E-state index contributed by atoms with van der Waals surface area (Å²) in [5, 5.41) is 5.76. The molecule has 29 heavy (non-hydrogen) atoms. The quantitative estimate of drug-likeness (QED) is 0.758. The zero-order valence-electron chi connectivity index (χ0n) is 16.4. The molecule has 0 saturated carbocycles. The van der Waals surface area contributed by atoms with Crippen molar-refractivity contribution in [2.75, 3.05) is 13.1 Å². The van der Waals surface area contributed by atoms with Crippen LogP contribution in [0.1, 0.15) is 35.8 Å². The van der Waals surface area contributed by atoms with Crippen molar-refractivity contribution in [2.24, 2.45) is 0 Å². The van der Waals surface area contributed by atoms with Gasteiger partial charge in [-0.15, -0.1) is 0 Å². The van der Waals surface area contributed by atoms with Gasteiger partial charge in [0.15, 0.2) is 0 Å². The van der Waals surface area contributed by atoms with Gasteiger partial charge in [0.2, 0.25) is 11.8 Å². The highest BCUT2D eigenvalue weighted by Crippen LogP contribution is 2.13. The molecule has 1 aromatic carbocycles. The number of benzene rings is 1. The van der Waals surface area contributed by atoms with E-state index in [1.165, 1.54) is 25.5 Å². The molecule has 1 fully saturated rings. The lowest BCUT2D eigenvalue weighted by Crippen LogP contribution is -2.53. The van der Waals surface area contributed by atoms with Crippen LogP contribution in [-0.2, 0) is 16.0 Å². The van der Waals surface area contributed by atoms with Crippen LogP contribution in [0.25, 0.3) is 0 Å². The number of carbonyl (C=O) groups is 3. The molecule has 0 radical (unpaired) electrons. The molecule has 1 aliphatic heterocycles. The van der Waals surface area contributed by atoms with E-state index in [9.17, 15) is 14.4 Å². The Hall–Kier alpha value is -3.29. The van der Waals surface area contributed by atoms with Gasteiger partial charge in [-0.3, -0.25) is 19.4 Å². The molecule has 1 atom stereocenters. The van der Waals surface area contributed by atoms with Crippen molar-refractivity contribution in [3.8, 4) is 0 Å². The molecule has 8 nitrogen and oxygen atoms in total. The van der Waals surface area contributed by atoms with Gasteiger partial charge in [0.25, 0.3) is 5.91 Å². The van der Waals surface area contributed by atoms with Crippen LogP contribution < -0.4 is 10.6 Å². The van der Waals surface area contributed by atoms with Crippen molar-refractivity contribution in [1.82, 2.24) is 25.5 Å². The second-order valence-corrected chi connectivity index (χ2v) is 7.11. The minimum atomic E-state index is -0.630. The first-order valence-corrected chi connectivity index (χ1v) is 9.69. The van der Waals surface area contributed by atoms with Crippen LogP contribution in [0, 0.1) is 0 Å². The van der Waals surface area contributed by atoms with Gasteiger partial charge >= 0.3 is 0 Å². The van der Waals surface area contributed by atoms with Gasteiger partial charge in [0.05, 0.1) is 6.20 Å². The molecular weight excluding hydrogens is 370 g/mol. The summed E-state index contributed by atoms with van der Waals surface area (Å²) >= 11 is 0. The monoisotopic (exact) mass is 395 g/mol. The summed E-state index contributed by atoms with van der Waals surface area (Å²) in [7, 11) is 0. The van der Waals surface area contributed by atoms with Gasteiger partial charge in [0, 0.05) is 44.9 Å². The Bertz CT molecular complexity index is 836. The fraction of sp³-hybridized carbons (Fsp3) is 0.381. The Morgan fingerprint density at radius 3 is 2.48 bits per heavy atom. The fourth-order valence-corrected chi connectivity index (χ4v) is 3.40. The lowest BCUT2D eigenvalue weighted by Gasteiger charge is -2.33. The van der Waals surface area contributed by atoms with Crippen molar-refractivity contribution in [3.05, 3.63) is 60.2 Å². The van der Waals surface area contributed by atoms with E-state index in [-0.39, 0.29) is 23.8 Å². The average molecular weight is 395 g/mol. The Morgan fingerprint density at radius 1 is 1.14 bits per heavy atom. The first-order valence-electron chi connectivity index (χ1n) is 9.69. The van der Waals surface area contributed by atoms with Crippen LogP contribution in [0.3, 0.4) is 0 Å². The number of amides is 3. The zero-order chi connectivity index (χ0) is 20.6. The number of hydrogen-bond acceptors (Lipinski definition) is 5. The van der Waals surface area contributed by atoms with E-state index < -0.39 is 6.04 Å². The molecule has 152 valence electrons. The van der Waals surface area contributed by atoms with Crippen molar-refractivity contribution in [1.29, 1.82) is 0 Å². The topological polar surface area (TPSA) is 104 Å². The van der Waals surface area contributed by atoms with Gasteiger partial charge < -0.3 is 15.5 Å². The van der Waals surface area contributed by atoms with Crippen molar-refractivity contribution in [2.45, 2.75) is 38.3 Å². The number of carbonyl (C=O) groups excluding carboxylic acids is 3. The molecule has 2 N–H and O–H groups in total. The van der Waals surface area contributed by atoms with Crippen molar-refractivity contribution in [3.63, 3.8) is 0 Å². The normalized spacial score (nSPS) is 15.4. The molecule has 0 spiro atoms. The number of nitrogens with one attached hydrogen (secondary N) is 2. The summed E-state index contributed by atoms with van der Waals surface area (Å²) in [6.07, 6.45) is 6.20. The maximum absolute atomic E-state index is 12.8. The van der Waals surface area contributed by atoms with E-state index >= 15 is 0 Å². The van der Waals surface area contributed by atoms with E-state index in [1.54, 1.807) is 4.90 Å². The number of aromatic nitrogens is 2. The molecule has 3 rings (SSSR count). The predicted molar refractivity (Wildman–Crippen MR) is 107 cm³/mol. The molecule has 8 heteroatoms. The summed E-state index contributed by atoms with van der Waals surface area (Å²) in [5.74, 6) is -0.601. The van der Waals surface area contributed by atoms with Crippen LogP contribution >= 0.6 is 0 Å². The highest BCUT2D eigenvalue weighted by Gasteiger charge is 2.28. The minimum Gasteiger partial charge on any atom is -0.351 e. The minimum absolute atomic E-state index is 0.0413. The Morgan fingerprint density at radius 2 is 1.86 bits per heavy atom. The molecule has 0 aliphatic carbocycles. The molecule has 1 aromatic heterocycles. The lowest BCUT2D eigenvalue weighted by molar-refractivity contribution is -0.128. The van der Waals surface area contributed by atoms with E-state index in [0.29, 0.717) is 38.0 Å². The summed E-state index contributed by atoms with van der Waals surface area (Å²) in [4.78, 5) is 46.5. The van der Waals surface area contributed by atoms with E-state index in [4.69, 9.17) is 0 Å². The summed E-state index contributed by atoms with van der Waals surface area (Å²) in [6.45, 7) is 2.47. The third-order valence-corrected chi connectivity index (χ3v) is 4.89. The Kier molecular flexibility index (Phi) is 6.89. The van der Waals surface area contributed by atoms with Crippen LogP contribution in [-0.4, -0.2) is 57.8 Å². The number of piperidine rings is 1. The molecule has 0 bridgehead atoms. The largest absolute Gasteiger partial charge is 0.351 e.